The Balaban J connectivity index is 1.76. The average Bonchev–Trinajstić information content (AvgIpc) is 2.78. The number of hydrogen-bond acceptors (Lipinski definition) is 3. The molecular weight excluding hydrogens is 372 g/mol. The smallest absolute Gasteiger partial charge is 0.338 e. The highest BCUT2D eigenvalue weighted by molar-refractivity contribution is 5.89. The van der Waals surface area contributed by atoms with Gasteiger partial charge in [0.15, 0.2) is 0 Å². The van der Waals surface area contributed by atoms with E-state index in [1.54, 1.807) is 12.1 Å². The molecule has 30 heavy (non-hydrogen) atoms. The largest absolute Gasteiger partial charge is 0.462 e. The zero-order chi connectivity index (χ0) is 21.5. The normalized spacial score (nSPS) is 11.1. The third kappa shape index (κ3) is 16.0. The molecule has 1 rings (SSSR count). The number of aldehydes is 1. The van der Waals surface area contributed by atoms with E-state index in [1.165, 1.54) is 77.0 Å². The molecule has 0 bridgehead atoms. The number of hydrogen-bond donors (Lipinski definition) is 0. The van der Waals surface area contributed by atoms with Crippen LogP contribution >= 0.6 is 0 Å². The van der Waals surface area contributed by atoms with Crippen molar-refractivity contribution >= 4 is 12.3 Å². The first-order valence-electron chi connectivity index (χ1n) is 12.2. The van der Waals surface area contributed by atoms with E-state index < -0.39 is 0 Å². The maximum absolute atomic E-state index is 11.8. The number of unbranched alkanes of at least 4 members (excludes halogenated alkanes) is 14. The van der Waals surface area contributed by atoms with Gasteiger partial charge >= 0.3 is 5.97 Å². The van der Waals surface area contributed by atoms with Gasteiger partial charge in [-0.3, -0.25) is 0 Å². The molecule has 0 heterocycles. The minimum atomic E-state index is -0.213. The van der Waals surface area contributed by atoms with E-state index in [0.717, 1.165) is 32.0 Å². The second kappa shape index (κ2) is 20.4. The molecule has 0 aromatic heterocycles. The van der Waals surface area contributed by atoms with E-state index in [-0.39, 0.29) is 5.97 Å². The molecule has 0 aliphatic rings. The van der Waals surface area contributed by atoms with Crippen LogP contribution in [-0.4, -0.2) is 18.9 Å². The van der Waals surface area contributed by atoms with Gasteiger partial charge in [0.25, 0.3) is 0 Å². The molecule has 0 radical (unpaired) electrons. The summed E-state index contributed by atoms with van der Waals surface area (Å²) < 4.78 is 5.30. The van der Waals surface area contributed by atoms with E-state index in [1.807, 2.05) is 18.2 Å². The van der Waals surface area contributed by atoms with Crippen molar-refractivity contribution in [3.8, 4) is 0 Å². The fourth-order valence-corrected chi connectivity index (χ4v) is 3.50. The molecule has 0 unspecified atom stereocenters. The first-order chi connectivity index (χ1) is 14.8. The lowest BCUT2D eigenvalue weighted by molar-refractivity contribution is -0.107. The van der Waals surface area contributed by atoms with Gasteiger partial charge in [0.2, 0.25) is 0 Å². The third-order valence-electron chi connectivity index (χ3n) is 5.37. The summed E-state index contributed by atoms with van der Waals surface area (Å²) in [5.41, 5.74) is 0.633. The second-order valence-corrected chi connectivity index (χ2v) is 8.10. The van der Waals surface area contributed by atoms with Crippen LogP contribution in [0.5, 0.6) is 0 Å². The standard InChI is InChI=1S/C27H42O3/c28-24-20-15-13-11-9-7-5-3-1-2-4-6-8-10-12-14-16-21-25-30-27(29)26-22-18-17-19-23-26/h1-2,17-19,22-24H,3-16,20-21,25H2. The van der Waals surface area contributed by atoms with Gasteiger partial charge in [-0.25, -0.2) is 4.79 Å². The van der Waals surface area contributed by atoms with Crippen LogP contribution in [0.3, 0.4) is 0 Å². The predicted octanol–water partition coefficient (Wildman–Crippen LogP) is 7.84. The SMILES string of the molecule is O=CCCCCCCCCC=CCCCCCCCCCOC(=O)c1ccccc1. The minimum absolute atomic E-state index is 0.213. The lowest BCUT2D eigenvalue weighted by atomic mass is 10.1. The number of benzene rings is 1. The summed E-state index contributed by atoms with van der Waals surface area (Å²) in [5, 5.41) is 0. The van der Waals surface area contributed by atoms with E-state index in [2.05, 4.69) is 12.2 Å². The van der Waals surface area contributed by atoms with E-state index in [9.17, 15) is 9.59 Å². The van der Waals surface area contributed by atoms with Gasteiger partial charge in [-0.2, -0.15) is 0 Å². The molecule has 0 aliphatic heterocycles. The molecule has 0 aliphatic carbocycles. The molecule has 168 valence electrons. The molecule has 3 heteroatoms. The van der Waals surface area contributed by atoms with Gasteiger partial charge in [0.05, 0.1) is 12.2 Å². The fraction of sp³-hybridized carbons (Fsp3) is 0.630. The number of rotatable bonds is 20. The van der Waals surface area contributed by atoms with Crippen LogP contribution in [0.15, 0.2) is 42.5 Å². The zero-order valence-corrected chi connectivity index (χ0v) is 18.9. The van der Waals surface area contributed by atoms with Crippen molar-refractivity contribution in [3.05, 3.63) is 48.0 Å². The topological polar surface area (TPSA) is 43.4 Å². The van der Waals surface area contributed by atoms with E-state index >= 15 is 0 Å². The van der Waals surface area contributed by atoms with Crippen molar-refractivity contribution in [2.45, 2.75) is 103 Å². The molecular formula is C27H42O3. The Morgan fingerprint density at radius 1 is 0.633 bits per heavy atom. The molecule has 0 saturated carbocycles. The van der Waals surface area contributed by atoms with Gasteiger partial charge < -0.3 is 9.53 Å². The Morgan fingerprint density at radius 2 is 1.10 bits per heavy atom. The summed E-state index contributed by atoms with van der Waals surface area (Å²) in [6, 6.07) is 9.19. The maximum Gasteiger partial charge on any atom is 0.338 e. The van der Waals surface area contributed by atoms with Crippen molar-refractivity contribution in [3.63, 3.8) is 0 Å². The Hall–Kier alpha value is -1.90. The van der Waals surface area contributed by atoms with Crippen LogP contribution in [-0.2, 0) is 9.53 Å². The van der Waals surface area contributed by atoms with Gasteiger partial charge in [-0.05, 0) is 50.7 Å². The highest BCUT2D eigenvalue weighted by Gasteiger charge is 2.04. The molecule has 0 fully saturated rings. The monoisotopic (exact) mass is 414 g/mol. The lowest BCUT2D eigenvalue weighted by Crippen LogP contribution is -2.06. The van der Waals surface area contributed by atoms with Crippen molar-refractivity contribution < 1.29 is 14.3 Å². The Kier molecular flexibility index (Phi) is 17.8. The summed E-state index contributed by atoms with van der Waals surface area (Å²) >= 11 is 0. The van der Waals surface area contributed by atoms with Gasteiger partial charge in [-0.15, -0.1) is 0 Å². The van der Waals surface area contributed by atoms with Crippen molar-refractivity contribution in [2.75, 3.05) is 6.61 Å². The summed E-state index contributed by atoms with van der Waals surface area (Å²) in [5.74, 6) is -0.213. The van der Waals surface area contributed by atoms with Crippen LogP contribution < -0.4 is 0 Å². The summed E-state index contributed by atoms with van der Waals surface area (Å²) in [7, 11) is 0. The molecule has 1 aromatic rings. The molecule has 0 atom stereocenters. The van der Waals surface area contributed by atoms with E-state index in [0.29, 0.717) is 12.2 Å². The first kappa shape index (κ1) is 26.1. The second-order valence-electron chi connectivity index (χ2n) is 8.10. The van der Waals surface area contributed by atoms with Crippen molar-refractivity contribution in [1.82, 2.24) is 0 Å². The van der Waals surface area contributed by atoms with Crippen LogP contribution in [0.4, 0.5) is 0 Å². The number of esters is 1. The highest BCUT2D eigenvalue weighted by Crippen LogP contribution is 2.11. The van der Waals surface area contributed by atoms with E-state index in [4.69, 9.17) is 4.74 Å². The molecule has 0 saturated heterocycles. The molecule has 0 spiro atoms. The van der Waals surface area contributed by atoms with Crippen LogP contribution in [0.1, 0.15) is 113 Å². The number of carbonyl (C=O) groups excluding carboxylic acids is 2. The quantitative estimate of drug-likeness (QED) is 0.0944. The number of allylic oxidation sites excluding steroid dienone is 2. The maximum atomic E-state index is 11.8. The summed E-state index contributed by atoms with van der Waals surface area (Å²) in [6.45, 7) is 0.526. The third-order valence-corrected chi connectivity index (χ3v) is 5.37. The molecule has 0 amide bonds. The zero-order valence-electron chi connectivity index (χ0n) is 18.9. The highest BCUT2D eigenvalue weighted by atomic mass is 16.5. The van der Waals surface area contributed by atoms with Crippen molar-refractivity contribution in [2.24, 2.45) is 0 Å². The van der Waals surface area contributed by atoms with Gasteiger partial charge in [0.1, 0.15) is 6.29 Å². The minimum Gasteiger partial charge on any atom is -0.462 e. The lowest BCUT2D eigenvalue weighted by Gasteiger charge is -2.05. The number of carbonyl (C=O) groups is 2. The fourth-order valence-electron chi connectivity index (χ4n) is 3.50. The Morgan fingerprint density at radius 3 is 1.63 bits per heavy atom. The Labute approximate surface area is 184 Å². The van der Waals surface area contributed by atoms with Crippen LogP contribution in [0.25, 0.3) is 0 Å². The first-order valence-corrected chi connectivity index (χ1v) is 12.2. The summed E-state index contributed by atoms with van der Waals surface area (Å²) in [4.78, 5) is 22.0. The van der Waals surface area contributed by atoms with Gasteiger partial charge in [-0.1, -0.05) is 88.1 Å². The Bertz CT molecular complexity index is 550. The van der Waals surface area contributed by atoms with Crippen molar-refractivity contribution in [1.29, 1.82) is 0 Å². The van der Waals surface area contributed by atoms with Crippen LogP contribution in [0, 0.1) is 0 Å². The predicted molar refractivity (Wildman–Crippen MR) is 126 cm³/mol. The average molecular weight is 415 g/mol. The van der Waals surface area contributed by atoms with Crippen LogP contribution in [0.2, 0.25) is 0 Å². The molecule has 3 nitrogen and oxygen atoms in total. The van der Waals surface area contributed by atoms with Gasteiger partial charge in [0, 0.05) is 6.42 Å². The molecule has 1 aromatic carbocycles. The molecule has 0 N–H and O–H groups in total. The summed E-state index contributed by atoms with van der Waals surface area (Å²) in [6.07, 6.45) is 24.9. The number of ether oxygens (including phenoxy) is 1.